The van der Waals surface area contributed by atoms with Crippen molar-refractivity contribution in [2.24, 2.45) is 0 Å². The topological polar surface area (TPSA) is 77.6 Å². The predicted molar refractivity (Wildman–Crippen MR) is 63.4 cm³/mol. The van der Waals surface area contributed by atoms with Crippen molar-refractivity contribution in [2.75, 3.05) is 14.2 Å². The first-order valence-corrected chi connectivity index (χ1v) is 5.39. The van der Waals surface area contributed by atoms with E-state index in [4.69, 9.17) is 14.0 Å². The van der Waals surface area contributed by atoms with Crippen molar-refractivity contribution in [1.82, 2.24) is 10.1 Å². The zero-order chi connectivity index (χ0) is 13.1. The van der Waals surface area contributed by atoms with Crippen LogP contribution in [-0.4, -0.2) is 29.5 Å². The highest BCUT2D eigenvalue weighted by Crippen LogP contribution is 2.31. The molecule has 2 aromatic rings. The first-order chi connectivity index (χ1) is 8.65. The Kier molecular flexibility index (Phi) is 3.47. The van der Waals surface area contributed by atoms with E-state index in [0.717, 1.165) is 0 Å². The number of aromatic nitrogens is 2. The Balaban J connectivity index is 2.34. The number of phenols is 1. The maximum absolute atomic E-state index is 9.84. The van der Waals surface area contributed by atoms with Crippen molar-refractivity contribution in [3.63, 3.8) is 0 Å². The van der Waals surface area contributed by atoms with Gasteiger partial charge in [-0.05, 0) is 19.1 Å². The third-order valence-electron chi connectivity index (χ3n) is 2.59. The van der Waals surface area contributed by atoms with Gasteiger partial charge in [-0.1, -0.05) is 5.16 Å². The van der Waals surface area contributed by atoms with E-state index in [0.29, 0.717) is 17.1 Å². The smallest absolute Gasteiger partial charge is 0.261 e. The summed E-state index contributed by atoms with van der Waals surface area (Å²) in [6.45, 7) is 1.81. The second kappa shape index (κ2) is 5.05. The van der Waals surface area contributed by atoms with Crippen molar-refractivity contribution in [1.29, 1.82) is 0 Å². The molecule has 1 aromatic heterocycles. The number of hydrogen-bond acceptors (Lipinski definition) is 6. The van der Waals surface area contributed by atoms with Crippen LogP contribution in [0.25, 0.3) is 11.5 Å². The molecule has 0 aliphatic carbocycles. The molecular weight excluding hydrogens is 236 g/mol. The molecule has 96 valence electrons. The Labute approximate surface area is 104 Å². The number of benzene rings is 1. The fraction of sp³-hybridized carbons (Fsp3) is 0.333. The lowest BCUT2D eigenvalue weighted by Gasteiger charge is -2.03. The molecule has 1 heterocycles. The number of hydrogen-bond donors (Lipinski definition) is 1. The molecule has 18 heavy (non-hydrogen) atoms. The summed E-state index contributed by atoms with van der Waals surface area (Å²) in [7, 11) is 3.09. The van der Waals surface area contributed by atoms with Gasteiger partial charge in [-0.15, -0.1) is 0 Å². The molecule has 1 unspecified atom stereocenters. The van der Waals surface area contributed by atoms with Crippen LogP contribution in [0.4, 0.5) is 0 Å². The van der Waals surface area contributed by atoms with Gasteiger partial charge < -0.3 is 19.1 Å². The molecule has 1 aromatic carbocycles. The molecule has 0 saturated carbocycles. The van der Waals surface area contributed by atoms with E-state index in [-0.39, 0.29) is 17.7 Å². The van der Waals surface area contributed by atoms with Gasteiger partial charge in [0.2, 0.25) is 5.82 Å². The lowest BCUT2D eigenvalue weighted by atomic mass is 10.2. The van der Waals surface area contributed by atoms with Crippen LogP contribution < -0.4 is 4.74 Å². The van der Waals surface area contributed by atoms with Crippen LogP contribution in [0.3, 0.4) is 0 Å². The standard InChI is InChI=1S/C12H14N2O4/c1-7(16-2)11-13-12(18-14-11)9-5-4-8(17-3)6-10(9)15/h4-7,15H,1-3H3. The molecule has 2 rings (SSSR count). The molecule has 0 amide bonds. The Bertz CT molecular complexity index is 539. The van der Waals surface area contributed by atoms with E-state index in [2.05, 4.69) is 10.1 Å². The van der Waals surface area contributed by atoms with Gasteiger partial charge in [0, 0.05) is 13.2 Å². The fourth-order valence-electron chi connectivity index (χ4n) is 1.43. The summed E-state index contributed by atoms with van der Waals surface area (Å²) in [5, 5.41) is 13.6. The summed E-state index contributed by atoms with van der Waals surface area (Å²) in [6, 6.07) is 4.85. The number of nitrogens with zero attached hydrogens (tertiary/aromatic N) is 2. The average Bonchev–Trinajstić information content (AvgIpc) is 2.87. The summed E-state index contributed by atoms with van der Waals surface area (Å²) in [6.07, 6.45) is -0.261. The molecule has 0 bridgehead atoms. The van der Waals surface area contributed by atoms with Gasteiger partial charge in [0.05, 0.1) is 12.7 Å². The van der Waals surface area contributed by atoms with Crippen LogP contribution in [0, 0.1) is 0 Å². The van der Waals surface area contributed by atoms with E-state index in [1.807, 2.05) is 6.92 Å². The minimum absolute atomic E-state index is 0.0228. The molecule has 0 radical (unpaired) electrons. The zero-order valence-corrected chi connectivity index (χ0v) is 10.4. The average molecular weight is 250 g/mol. The van der Waals surface area contributed by atoms with Crippen LogP contribution in [0.2, 0.25) is 0 Å². The minimum atomic E-state index is -0.261. The number of phenolic OH excluding ortho intramolecular Hbond substituents is 1. The van der Waals surface area contributed by atoms with Gasteiger partial charge in [-0.25, -0.2) is 0 Å². The normalized spacial score (nSPS) is 12.4. The fourth-order valence-corrected chi connectivity index (χ4v) is 1.43. The molecular formula is C12H14N2O4. The van der Waals surface area contributed by atoms with Crippen molar-refractivity contribution in [2.45, 2.75) is 13.0 Å². The first-order valence-electron chi connectivity index (χ1n) is 5.39. The zero-order valence-electron chi connectivity index (χ0n) is 10.4. The Morgan fingerprint density at radius 2 is 2.11 bits per heavy atom. The van der Waals surface area contributed by atoms with Crippen LogP contribution in [0.1, 0.15) is 18.9 Å². The summed E-state index contributed by atoms with van der Waals surface area (Å²) in [5.41, 5.74) is 0.456. The van der Waals surface area contributed by atoms with E-state index in [1.54, 1.807) is 19.2 Å². The van der Waals surface area contributed by atoms with Crippen LogP contribution in [0.5, 0.6) is 11.5 Å². The minimum Gasteiger partial charge on any atom is -0.507 e. The third kappa shape index (κ3) is 2.28. The van der Waals surface area contributed by atoms with Crippen molar-refractivity contribution < 1.29 is 19.1 Å². The van der Waals surface area contributed by atoms with Crippen LogP contribution in [-0.2, 0) is 4.74 Å². The molecule has 0 saturated heterocycles. The van der Waals surface area contributed by atoms with E-state index in [1.165, 1.54) is 13.2 Å². The summed E-state index contributed by atoms with van der Waals surface area (Å²) < 4.78 is 15.2. The highest BCUT2D eigenvalue weighted by atomic mass is 16.5. The predicted octanol–water partition coefficient (Wildman–Crippen LogP) is 2.16. The Hall–Kier alpha value is -2.08. The summed E-state index contributed by atoms with van der Waals surface area (Å²) in [4.78, 5) is 4.16. The first kappa shape index (κ1) is 12.4. The second-order valence-corrected chi connectivity index (χ2v) is 3.72. The Morgan fingerprint density at radius 3 is 2.72 bits per heavy atom. The third-order valence-corrected chi connectivity index (χ3v) is 2.59. The molecule has 0 aliphatic rings. The molecule has 6 heteroatoms. The number of methoxy groups -OCH3 is 2. The van der Waals surface area contributed by atoms with Gasteiger partial charge in [0.1, 0.15) is 17.6 Å². The van der Waals surface area contributed by atoms with Gasteiger partial charge in [-0.2, -0.15) is 4.98 Å². The quantitative estimate of drug-likeness (QED) is 0.895. The SMILES string of the molecule is COc1ccc(-c2nc(C(C)OC)no2)c(O)c1. The highest BCUT2D eigenvalue weighted by molar-refractivity contribution is 5.63. The van der Waals surface area contributed by atoms with Gasteiger partial charge in [-0.3, -0.25) is 0 Å². The maximum atomic E-state index is 9.84. The number of aromatic hydroxyl groups is 1. The van der Waals surface area contributed by atoms with Gasteiger partial charge in [0.25, 0.3) is 5.89 Å². The van der Waals surface area contributed by atoms with Crippen molar-refractivity contribution in [3.8, 4) is 23.0 Å². The van der Waals surface area contributed by atoms with Gasteiger partial charge >= 0.3 is 0 Å². The monoisotopic (exact) mass is 250 g/mol. The van der Waals surface area contributed by atoms with Gasteiger partial charge in [0.15, 0.2) is 0 Å². The molecule has 1 atom stereocenters. The largest absolute Gasteiger partial charge is 0.507 e. The van der Waals surface area contributed by atoms with Crippen LogP contribution in [0.15, 0.2) is 22.7 Å². The molecule has 6 nitrogen and oxygen atoms in total. The Morgan fingerprint density at radius 1 is 1.33 bits per heavy atom. The molecule has 1 N–H and O–H groups in total. The van der Waals surface area contributed by atoms with E-state index in [9.17, 15) is 5.11 Å². The van der Waals surface area contributed by atoms with Crippen LogP contribution >= 0.6 is 0 Å². The van der Waals surface area contributed by atoms with Crippen molar-refractivity contribution >= 4 is 0 Å². The molecule has 0 aliphatic heterocycles. The molecule has 0 fully saturated rings. The van der Waals surface area contributed by atoms with E-state index < -0.39 is 0 Å². The second-order valence-electron chi connectivity index (χ2n) is 3.72. The maximum Gasteiger partial charge on any atom is 0.261 e. The number of rotatable bonds is 4. The van der Waals surface area contributed by atoms with E-state index >= 15 is 0 Å². The van der Waals surface area contributed by atoms with Crippen molar-refractivity contribution in [3.05, 3.63) is 24.0 Å². The lowest BCUT2D eigenvalue weighted by molar-refractivity contribution is 0.109. The highest BCUT2D eigenvalue weighted by Gasteiger charge is 2.16. The summed E-state index contributed by atoms with van der Waals surface area (Å²) in [5.74, 6) is 1.26. The summed E-state index contributed by atoms with van der Waals surface area (Å²) >= 11 is 0. The lowest BCUT2D eigenvalue weighted by Crippen LogP contribution is -1.97. The molecule has 0 spiro atoms. The number of ether oxygens (including phenoxy) is 2.